The summed E-state index contributed by atoms with van der Waals surface area (Å²) >= 11 is 0. The Kier molecular flexibility index (Phi) is 5.49. The minimum Gasteiger partial charge on any atom is -0.384 e. The summed E-state index contributed by atoms with van der Waals surface area (Å²) < 4.78 is 0. The van der Waals surface area contributed by atoms with Crippen LogP contribution >= 0.6 is 0 Å². The molecule has 0 aromatic rings. The summed E-state index contributed by atoms with van der Waals surface area (Å²) in [6.07, 6.45) is 15.9. The van der Waals surface area contributed by atoms with Crippen molar-refractivity contribution in [2.24, 2.45) is 0 Å². The lowest BCUT2D eigenvalue weighted by Crippen LogP contribution is -2.09. The van der Waals surface area contributed by atoms with E-state index in [9.17, 15) is 5.11 Å². The van der Waals surface area contributed by atoms with Gasteiger partial charge in [-0.1, -0.05) is 37.8 Å². The minimum atomic E-state index is -0.222. The number of unbranched alkanes of at least 4 members (excludes halogenated alkanes) is 3. The third kappa shape index (κ3) is 3.47. The number of hydrogen-bond donors (Lipinski definition) is 1. The Morgan fingerprint density at radius 3 is 2.56 bits per heavy atom. The molecule has 2 aliphatic carbocycles. The molecule has 0 aliphatic heterocycles. The predicted octanol–water partition coefficient (Wildman–Crippen LogP) is 4.91. The molecule has 0 aromatic carbocycles. The quantitative estimate of drug-likeness (QED) is 0.553. The highest BCUT2D eigenvalue weighted by Crippen LogP contribution is 2.37. The topological polar surface area (TPSA) is 20.2 Å². The molecule has 1 unspecified atom stereocenters. The van der Waals surface area contributed by atoms with E-state index in [0.29, 0.717) is 0 Å². The zero-order valence-corrected chi connectivity index (χ0v) is 11.9. The van der Waals surface area contributed by atoms with Crippen LogP contribution in [-0.4, -0.2) is 11.2 Å². The molecule has 0 amide bonds. The molecule has 2 fully saturated rings. The second kappa shape index (κ2) is 7.13. The van der Waals surface area contributed by atoms with E-state index >= 15 is 0 Å². The van der Waals surface area contributed by atoms with Crippen LogP contribution in [0.2, 0.25) is 0 Å². The van der Waals surface area contributed by atoms with Crippen LogP contribution in [0.15, 0.2) is 22.8 Å². The Balaban J connectivity index is 1.93. The first-order valence-electron chi connectivity index (χ1n) is 7.90. The number of aliphatic hydroxyl groups is 1. The van der Waals surface area contributed by atoms with Crippen LogP contribution in [0, 0.1) is 0 Å². The van der Waals surface area contributed by atoms with Crippen LogP contribution in [0.25, 0.3) is 0 Å². The van der Waals surface area contributed by atoms with Gasteiger partial charge in [0.05, 0.1) is 6.10 Å². The van der Waals surface area contributed by atoms with Crippen molar-refractivity contribution in [1.29, 1.82) is 0 Å². The summed E-state index contributed by atoms with van der Waals surface area (Å²) in [5, 5.41) is 10.4. The molecule has 1 atom stereocenters. The van der Waals surface area contributed by atoms with Gasteiger partial charge in [-0.25, -0.2) is 0 Å². The standard InChI is InChI=1S/C17H28O/c1-2-3-4-6-11-15-12-13-16(17(15)18)14-9-7-5-8-10-14/h11,17-18H,2-10,12-13H2,1H3/b15-11-. The fraction of sp³-hybridized carbons (Fsp3) is 0.765. The van der Waals surface area contributed by atoms with Crippen molar-refractivity contribution in [2.45, 2.75) is 83.7 Å². The molecule has 1 nitrogen and oxygen atoms in total. The summed E-state index contributed by atoms with van der Waals surface area (Å²) in [6.45, 7) is 2.24. The lowest BCUT2D eigenvalue weighted by molar-refractivity contribution is 0.252. The zero-order chi connectivity index (χ0) is 12.8. The Bertz CT molecular complexity index is 317. The van der Waals surface area contributed by atoms with E-state index in [1.54, 1.807) is 5.57 Å². The van der Waals surface area contributed by atoms with E-state index in [2.05, 4.69) is 13.0 Å². The molecule has 2 rings (SSSR count). The van der Waals surface area contributed by atoms with Crippen molar-refractivity contribution in [3.05, 3.63) is 22.8 Å². The summed E-state index contributed by atoms with van der Waals surface area (Å²) in [5.41, 5.74) is 4.28. The molecule has 2 saturated carbocycles. The first-order chi connectivity index (χ1) is 8.83. The highest BCUT2D eigenvalue weighted by Gasteiger charge is 2.26. The van der Waals surface area contributed by atoms with Crippen LogP contribution < -0.4 is 0 Å². The number of allylic oxidation sites excluding steroid dienone is 2. The van der Waals surface area contributed by atoms with Gasteiger partial charge in [0.15, 0.2) is 0 Å². The van der Waals surface area contributed by atoms with E-state index in [0.717, 1.165) is 19.3 Å². The number of hydrogen-bond acceptors (Lipinski definition) is 1. The Hall–Kier alpha value is -0.560. The summed E-state index contributed by atoms with van der Waals surface area (Å²) in [5.74, 6) is 0. The van der Waals surface area contributed by atoms with Crippen molar-refractivity contribution >= 4 is 0 Å². The van der Waals surface area contributed by atoms with Crippen LogP contribution in [0.3, 0.4) is 0 Å². The largest absolute Gasteiger partial charge is 0.384 e. The molecule has 18 heavy (non-hydrogen) atoms. The first-order valence-corrected chi connectivity index (χ1v) is 7.90. The van der Waals surface area contributed by atoms with E-state index in [1.165, 1.54) is 62.5 Å². The van der Waals surface area contributed by atoms with Gasteiger partial charge in [-0.15, -0.1) is 0 Å². The SMILES string of the molecule is CCCCC/C=C1/CCC(=C2CCCCC2)C1O. The third-order valence-electron chi connectivity index (χ3n) is 4.49. The molecule has 102 valence electrons. The van der Waals surface area contributed by atoms with Gasteiger partial charge in [-0.3, -0.25) is 0 Å². The molecule has 1 N–H and O–H groups in total. The molecule has 0 spiro atoms. The fourth-order valence-corrected chi connectivity index (χ4v) is 3.34. The lowest BCUT2D eigenvalue weighted by Gasteiger charge is -2.18. The maximum atomic E-state index is 10.4. The van der Waals surface area contributed by atoms with Gasteiger partial charge in [0.25, 0.3) is 0 Å². The molecule has 0 radical (unpaired) electrons. The third-order valence-corrected chi connectivity index (χ3v) is 4.49. The average Bonchev–Trinajstić information content (AvgIpc) is 2.77. The molecule has 0 bridgehead atoms. The summed E-state index contributed by atoms with van der Waals surface area (Å²) in [4.78, 5) is 0. The Morgan fingerprint density at radius 1 is 1.06 bits per heavy atom. The fourth-order valence-electron chi connectivity index (χ4n) is 3.34. The Morgan fingerprint density at radius 2 is 1.83 bits per heavy atom. The van der Waals surface area contributed by atoms with Crippen molar-refractivity contribution in [1.82, 2.24) is 0 Å². The lowest BCUT2D eigenvalue weighted by atomic mass is 9.89. The number of aliphatic hydroxyl groups excluding tert-OH is 1. The molecular weight excluding hydrogens is 220 g/mol. The smallest absolute Gasteiger partial charge is 0.0963 e. The van der Waals surface area contributed by atoms with Crippen LogP contribution in [-0.2, 0) is 0 Å². The van der Waals surface area contributed by atoms with E-state index < -0.39 is 0 Å². The van der Waals surface area contributed by atoms with Gasteiger partial charge in [0.1, 0.15) is 0 Å². The monoisotopic (exact) mass is 248 g/mol. The van der Waals surface area contributed by atoms with Crippen LogP contribution in [0.4, 0.5) is 0 Å². The molecular formula is C17H28O. The van der Waals surface area contributed by atoms with Gasteiger partial charge >= 0.3 is 0 Å². The maximum absolute atomic E-state index is 10.4. The van der Waals surface area contributed by atoms with Crippen molar-refractivity contribution < 1.29 is 5.11 Å². The van der Waals surface area contributed by atoms with E-state index in [1.807, 2.05) is 0 Å². The average molecular weight is 248 g/mol. The molecule has 2 aliphatic rings. The highest BCUT2D eigenvalue weighted by molar-refractivity contribution is 5.34. The van der Waals surface area contributed by atoms with E-state index in [-0.39, 0.29) is 6.10 Å². The van der Waals surface area contributed by atoms with Crippen LogP contribution in [0.5, 0.6) is 0 Å². The number of rotatable bonds is 4. The van der Waals surface area contributed by atoms with Gasteiger partial charge in [0.2, 0.25) is 0 Å². The van der Waals surface area contributed by atoms with Gasteiger partial charge in [-0.05, 0) is 62.5 Å². The first kappa shape index (κ1) is 13.9. The molecule has 0 heterocycles. The normalized spacial score (nSPS) is 27.2. The second-order valence-corrected chi connectivity index (χ2v) is 5.87. The van der Waals surface area contributed by atoms with Crippen LogP contribution in [0.1, 0.15) is 77.6 Å². The molecule has 1 heteroatoms. The van der Waals surface area contributed by atoms with Gasteiger partial charge in [0, 0.05) is 0 Å². The van der Waals surface area contributed by atoms with Crippen molar-refractivity contribution in [3.63, 3.8) is 0 Å². The minimum absolute atomic E-state index is 0.222. The molecule has 0 saturated heterocycles. The second-order valence-electron chi connectivity index (χ2n) is 5.87. The van der Waals surface area contributed by atoms with Gasteiger partial charge in [-0.2, -0.15) is 0 Å². The molecule has 0 aromatic heterocycles. The summed E-state index contributed by atoms with van der Waals surface area (Å²) in [7, 11) is 0. The predicted molar refractivity (Wildman–Crippen MR) is 77.6 cm³/mol. The van der Waals surface area contributed by atoms with Crippen molar-refractivity contribution in [2.75, 3.05) is 0 Å². The maximum Gasteiger partial charge on any atom is 0.0963 e. The highest BCUT2D eigenvalue weighted by atomic mass is 16.3. The van der Waals surface area contributed by atoms with Crippen molar-refractivity contribution in [3.8, 4) is 0 Å². The summed E-state index contributed by atoms with van der Waals surface area (Å²) in [6, 6.07) is 0. The van der Waals surface area contributed by atoms with Gasteiger partial charge < -0.3 is 5.11 Å². The Labute approximate surface area is 112 Å². The van der Waals surface area contributed by atoms with E-state index in [4.69, 9.17) is 0 Å². The zero-order valence-electron chi connectivity index (χ0n) is 11.9.